The molecular weight excluding hydrogens is 303 g/mol. The number of carbonyl (C=O) groups is 3. The summed E-state index contributed by atoms with van der Waals surface area (Å²) in [7, 11) is 4.18. The van der Waals surface area contributed by atoms with Crippen molar-refractivity contribution in [1.82, 2.24) is 0 Å². The van der Waals surface area contributed by atoms with Gasteiger partial charge >= 0.3 is 17.9 Å². The molecule has 0 aromatic rings. The van der Waals surface area contributed by atoms with E-state index in [2.05, 4.69) is 14.2 Å². The lowest BCUT2D eigenvalue weighted by molar-refractivity contribution is -0.141. The highest BCUT2D eigenvalue weighted by Gasteiger charge is 2.18. The minimum atomic E-state index is -1.07. The molecule has 0 aromatic heterocycles. The zero-order valence-corrected chi connectivity index (χ0v) is 15.0. The van der Waals surface area contributed by atoms with Crippen molar-refractivity contribution in [1.29, 1.82) is 0 Å². The van der Waals surface area contributed by atoms with Gasteiger partial charge in [0, 0.05) is 19.3 Å². The summed E-state index contributed by atoms with van der Waals surface area (Å²) < 4.78 is 13.9. The Balaban J connectivity index is 4.09. The Morgan fingerprint density at radius 1 is 0.636 bits per heavy atom. The van der Waals surface area contributed by atoms with E-state index in [1.54, 1.807) is 0 Å². The van der Waals surface area contributed by atoms with Crippen molar-refractivity contribution in [2.75, 3.05) is 21.3 Å². The van der Waals surface area contributed by atoms with Gasteiger partial charge in [-0.1, -0.05) is 35.1 Å². The van der Waals surface area contributed by atoms with E-state index in [1.807, 2.05) is 0 Å². The molecule has 0 aliphatic rings. The molecule has 0 amide bonds. The predicted molar refractivity (Wildman–Crippen MR) is 83.9 cm³/mol. The number of rotatable bonds is 12. The van der Waals surface area contributed by atoms with Crippen LogP contribution in [0.2, 0.25) is 15.8 Å². The first-order chi connectivity index (χ1) is 10.5. The van der Waals surface area contributed by atoms with Crippen LogP contribution in [0.4, 0.5) is 0 Å². The number of esters is 3. The van der Waals surface area contributed by atoms with E-state index in [1.165, 1.54) is 21.3 Å². The highest BCUT2D eigenvalue weighted by atomic mass is 27.2. The lowest BCUT2D eigenvalue weighted by atomic mass is 10.3. The first-order valence-electron chi connectivity index (χ1n) is 7.73. The van der Waals surface area contributed by atoms with Gasteiger partial charge in [-0.2, -0.15) is 0 Å². The van der Waals surface area contributed by atoms with Gasteiger partial charge in [-0.15, -0.1) is 0 Å². The third kappa shape index (κ3) is 11.6. The third-order valence-electron chi connectivity index (χ3n) is 3.66. The second kappa shape index (κ2) is 13.6. The number of methoxy groups -OCH3 is 3. The Hall–Kier alpha value is -1.06. The SMILES string of the molecule is COC(=O)CC[CH2][Al]([CH2]CCC(=O)OC)[CH2]CCC(=O)OC. The van der Waals surface area contributed by atoms with E-state index in [0.29, 0.717) is 19.3 Å². The van der Waals surface area contributed by atoms with Gasteiger partial charge in [0.2, 0.25) is 0 Å². The molecule has 0 heterocycles. The van der Waals surface area contributed by atoms with Gasteiger partial charge in [-0.05, 0) is 0 Å². The molecule has 7 heteroatoms. The Morgan fingerprint density at radius 2 is 0.909 bits per heavy atom. The zero-order chi connectivity index (χ0) is 16.8. The predicted octanol–water partition coefficient (Wildman–Crippen LogP) is 2.34. The number of ether oxygens (including phenoxy) is 3. The zero-order valence-electron chi connectivity index (χ0n) is 13.9. The number of hydrogen-bond acceptors (Lipinski definition) is 6. The highest BCUT2D eigenvalue weighted by molar-refractivity contribution is 6.58. The molecule has 0 aromatic carbocycles. The standard InChI is InChI=1S/3C5H9O2.Al/c3*1-3-4-5(6)7-2;/h3*1,3-4H2,2H3;. The molecule has 0 saturated carbocycles. The minimum Gasteiger partial charge on any atom is -0.469 e. The molecule has 0 bridgehead atoms. The van der Waals surface area contributed by atoms with E-state index in [0.717, 1.165) is 35.1 Å². The fourth-order valence-corrected chi connectivity index (χ4v) is 5.55. The van der Waals surface area contributed by atoms with Gasteiger partial charge in [0.15, 0.2) is 0 Å². The molecule has 0 saturated heterocycles. The molecule has 0 aliphatic heterocycles. The van der Waals surface area contributed by atoms with Crippen LogP contribution in [-0.4, -0.2) is 53.4 Å². The molecule has 0 radical (unpaired) electrons. The fraction of sp³-hybridized carbons (Fsp3) is 0.800. The van der Waals surface area contributed by atoms with Crippen molar-refractivity contribution in [2.45, 2.75) is 54.4 Å². The van der Waals surface area contributed by atoms with E-state index < -0.39 is 14.1 Å². The summed E-state index contributed by atoms with van der Waals surface area (Å²) in [6.07, 6.45) is 3.77. The Morgan fingerprint density at radius 3 is 1.14 bits per heavy atom. The Kier molecular flexibility index (Phi) is 12.9. The van der Waals surface area contributed by atoms with Crippen LogP contribution in [-0.2, 0) is 28.6 Å². The Labute approximate surface area is 136 Å². The van der Waals surface area contributed by atoms with Gasteiger partial charge in [0.1, 0.15) is 0 Å². The molecule has 0 unspecified atom stereocenters. The van der Waals surface area contributed by atoms with Crippen molar-refractivity contribution in [2.24, 2.45) is 0 Å². The van der Waals surface area contributed by atoms with Crippen LogP contribution in [0.1, 0.15) is 38.5 Å². The van der Waals surface area contributed by atoms with Crippen LogP contribution in [0.25, 0.3) is 0 Å². The van der Waals surface area contributed by atoms with E-state index in [-0.39, 0.29) is 17.9 Å². The van der Waals surface area contributed by atoms with Crippen molar-refractivity contribution in [3.63, 3.8) is 0 Å². The summed E-state index contributed by atoms with van der Waals surface area (Å²) in [5.74, 6) is -0.550. The van der Waals surface area contributed by atoms with Crippen LogP contribution in [0.15, 0.2) is 0 Å². The second-order valence-electron chi connectivity index (χ2n) is 5.27. The van der Waals surface area contributed by atoms with Crippen LogP contribution in [0, 0.1) is 0 Å². The summed E-state index contributed by atoms with van der Waals surface area (Å²) in [4.78, 5) is 33.4. The number of carbonyl (C=O) groups excluding carboxylic acids is 3. The van der Waals surface area contributed by atoms with E-state index >= 15 is 0 Å². The molecule has 6 nitrogen and oxygen atoms in total. The maximum Gasteiger partial charge on any atom is 0.305 e. The lowest BCUT2D eigenvalue weighted by Crippen LogP contribution is -2.15. The van der Waals surface area contributed by atoms with Crippen LogP contribution >= 0.6 is 0 Å². The van der Waals surface area contributed by atoms with Gasteiger partial charge < -0.3 is 14.2 Å². The molecule has 0 fully saturated rings. The summed E-state index contributed by atoms with van der Waals surface area (Å²) in [5.41, 5.74) is 0. The first kappa shape index (κ1) is 20.9. The summed E-state index contributed by atoms with van der Waals surface area (Å²) in [6, 6.07) is 0. The summed E-state index contributed by atoms with van der Waals surface area (Å²) in [5, 5.41) is 3.08. The molecule has 0 aliphatic carbocycles. The highest BCUT2D eigenvalue weighted by Crippen LogP contribution is 2.17. The van der Waals surface area contributed by atoms with Gasteiger partial charge in [0.25, 0.3) is 14.1 Å². The lowest BCUT2D eigenvalue weighted by Gasteiger charge is -2.11. The monoisotopic (exact) mass is 330 g/mol. The van der Waals surface area contributed by atoms with Gasteiger partial charge in [-0.3, -0.25) is 14.4 Å². The summed E-state index contributed by atoms with van der Waals surface area (Å²) >= 11 is -1.07. The van der Waals surface area contributed by atoms with Crippen LogP contribution in [0.3, 0.4) is 0 Å². The molecule has 126 valence electrons. The normalized spacial score (nSPS) is 9.95. The van der Waals surface area contributed by atoms with Crippen LogP contribution in [0.5, 0.6) is 0 Å². The largest absolute Gasteiger partial charge is 0.469 e. The van der Waals surface area contributed by atoms with E-state index in [4.69, 9.17) is 0 Å². The smallest absolute Gasteiger partial charge is 0.305 e. The number of hydrogen-bond donors (Lipinski definition) is 0. The average molecular weight is 330 g/mol. The topological polar surface area (TPSA) is 78.9 Å². The molecule has 0 N–H and O–H groups in total. The summed E-state index contributed by atoms with van der Waals surface area (Å²) in [6.45, 7) is 0. The fourth-order valence-electron chi connectivity index (χ4n) is 2.34. The molecule has 0 spiro atoms. The van der Waals surface area contributed by atoms with Crippen molar-refractivity contribution >= 4 is 32.1 Å². The Bertz CT molecular complexity index is 293. The van der Waals surface area contributed by atoms with Crippen LogP contribution < -0.4 is 0 Å². The van der Waals surface area contributed by atoms with E-state index in [9.17, 15) is 14.4 Å². The molecule has 0 rings (SSSR count). The maximum absolute atomic E-state index is 11.1. The quantitative estimate of drug-likeness (QED) is 0.310. The average Bonchev–Trinajstić information content (AvgIpc) is 2.53. The van der Waals surface area contributed by atoms with Gasteiger partial charge in [-0.25, -0.2) is 0 Å². The van der Waals surface area contributed by atoms with Crippen molar-refractivity contribution in [3.8, 4) is 0 Å². The molecule has 0 atom stereocenters. The third-order valence-corrected chi connectivity index (χ3v) is 7.34. The molecule has 22 heavy (non-hydrogen) atoms. The van der Waals surface area contributed by atoms with Crippen molar-refractivity contribution < 1.29 is 28.6 Å². The second-order valence-corrected chi connectivity index (χ2v) is 8.74. The van der Waals surface area contributed by atoms with Gasteiger partial charge in [0.05, 0.1) is 21.3 Å². The maximum atomic E-state index is 11.1. The van der Waals surface area contributed by atoms with Crippen molar-refractivity contribution in [3.05, 3.63) is 0 Å². The molecular formula is C15H27AlO6. The first-order valence-corrected chi connectivity index (χ1v) is 10.2. The minimum absolute atomic E-state index is 0.183.